The monoisotopic (exact) mass is 230 g/mol. The van der Waals surface area contributed by atoms with E-state index < -0.39 is 0 Å². The van der Waals surface area contributed by atoms with Crippen molar-refractivity contribution in [1.29, 1.82) is 5.26 Å². The Morgan fingerprint density at radius 3 is 2.82 bits per heavy atom. The van der Waals surface area contributed by atoms with Gasteiger partial charge in [0.25, 0.3) is 0 Å². The average molecular weight is 230 g/mol. The van der Waals surface area contributed by atoms with E-state index in [9.17, 15) is 0 Å². The Labute approximate surface area is 102 Å². The first kappa shape index (κ1) is 11.8. The quantitative estimate of drug-likeness (QED) is 0.742. The summed E-state index contributed by atoms with van der Waals surface area (Å²) < 4.78 is 0. The lowest BCUT2D eigenvalue weighted by atomic mass is 9.80. The molecule has 1 unspecified atom stereocenters. The predicted octanol–water partition coefficient (Wildman–Crippen LogP) is 2.22. The van der Waals surface area contributed by atoms with Gasteiger partial charge in [-0.2, -0.15) is 10.4 Å². The zero-order valence-corrected chi connectivity index (χ0v) is 10.6. The van der Waals surface area contributed by atoms with Crippen LogP contribution in [0.1, 0.15) is 32.8 Å². The molecule has 1 saturated heterocycles. The highest BCUT2D eigenvalue weighted by Gasteiger charge is 2.33. The molecule has 0 saturated carbocycles. The third kappa shape index (κ3) is 2.38. The van der Waals surface area contributed by atoms with Crippen LogP contribution in [0.5, 0.6) is 0 Å². The number of hydrogen-bond donors (Lipinski definition) is 0. The van der Waals surface area contributed by atoms with Gasteiger partial charge < -0.3 is 4.90 Å². The molecule has 1 aromatic rings. The molecule has 4 heteroatoms. The van der Waals surface area contributed by atoms with Gasteiger partial charge in [0.15, 0.2) is 5.82 Å². The topological polar surface area (TPSA) is 52.8 Å². The fourth-order valence-electron chi connectivity index (χ4n) is 2.30. The van der Waals surface area contributed by atoms with Crippen molar-refractivity contribution in [3.8, 4) is 6.07 Å². The van der Waals surface area contributed by atoms with Crippen molar-refractivity contribution in [3.63, 3.8) is 0 Å². The summed E-state index contributed by atoms with van der Waals surface area (Å²) in [5, 5.41) is 17.0. The van der Waals surface area contributed by atoms with Crippen LogP contribution < -0.4 is 4.90 Å². The lowest BCUT2D eigenvalue weighted by Crippen LogP contribution is -2.27. The van der Waals surface area contributed by atoms with Gasteiger partial charge in [-0.05, 0) is 23.8 Å². The highest BCUT2D eigenvalue weighted by Crippen LogP contribution is 2.35. The molecule has 2 heterocycles. The number of nitrogens with zero attached hydrogens (tertiary/aromatic N) is 4. The van der Waals surface area contributed by atoms with Crippen molar-refractivity contribution in [2.75, 3.05) is 18.0 Å². The molecule has 0 aliphatic carbocycles. The lowest BCUT2D eigenvalue weighted by molar-refractivity contribution is 0.263. The predicted molar refractivity (Wildman–Crippen MR) is 66.5 cm³/mol. The standard InChI is InChI=1S/C13H18N4/c1-13(2,3)11-5-7-17(9-11)12-10(8-14)4-6-15-16-12/h4,6,11H,5,7,9H2,1-3H3. The first-order chi connectivity index (χ1) is 8.02. The molecule has 1 aromatic heterocycles. The lowest BCUT2D eigenvalue weighted by Gasteiger charge is -2.27. The summed E-state index contributed by atoms with van der Waals surface area (Å²) in [5.41, 5.74) is 0.929. The summed E-state index contributed by atoms with van der Waals surface area (Å²) in [5.74, 6) is 1.39. The van der Waals surface area contributed by atoms with Crippen molar-refractivity contribution in [2.24, 2.45) is 11.3 Å². The summed E-state index contributed by atoms with van der Waals surface area (Å²) >= 11 is 0. The normalized spacial score (nSPS) is 20.4. The fraction of sp³-hybridized carbons (Fsp3) is 0.615. The number of anilines is 1. The van der Waals surface area contributed by atoms with Gasteiger partial charge in [0.05, 0.1) is 11.8 Å². The average Bonchev–Trinajstić information content (AvgIpc) is 2.77. The van der Waals surface area contributed by atoms with E-state index >= 15 is 0 Å². The van der Waals surface area contributed by atoms with E-state index in [0.717, 1.165) is 25.3 Å². The number of hydrogen-bond acceptors (Lipinski definition) is 4. The molecule has 1 aliphatic rings. The molecule has 0 radical (unpaired) electrons. The number of nitriles is 1. The van der Waals surface area contributed by atoms with Crippen LogP contribution in [0, 0.1) is 22.7 Å². The largest absolute Gasteiger partial charge is 0.354 e. The fourth-order valence-corrected chi connectivity index (χ4v) is 2.30. The maximum atomic E-state index is 9.06. The van der Waals surface area contributed by atoms with Crippen LogP contribution in [0.2, 0.25) is 0 Å². The first-order valence-corrected chi connectivity index (χ1v) is 5.99. The van der Waals surface area contributed by atoms with Gasteiger partial charge >= 0.3 is 0 Å². The van der Waals surface area contributed by atoms with Gasteiger partial charge in [-0.25, -0.2) is 0 Å². The summed E-state index contributed by atoms with van der Waals surface area (Å²) in [6.45, 7) is 8.74. The highest BCUT2D eigenvalue weighted by molar-refractivity contribution is 5.53. The second-order valence-electron chi connectivity index (χ2n) is 5.68. The van der Waals surface area contributed by atoms with Crippen molar-refractivity contribution in [1.82, 2.24) is 10.2 Å². The first-order valence-electron chi connectivity index (χ1n) is 5.99. The molecule has 17 heavy (non-hydrogen) atoms. The van der Waals surface area contributed by atoms with E-state index in [1.807, 2.05) is 0 Å². The van der Waals surface area contributed by atoms with E-state index in [0.29, 0.717) is 16.9 Å². The summed E-state index contributed by atoms with van der Waals surface area (Å²) in [7, 11) is 0. The summed E-state index contributed by atoms with van der Waals surface area (Å²) in [6, 6.07) is 3.91. The van der Waals surface area contributed by atoms with Gasteiger partial charge in [-0.3, -0.25) is 0 Å². The van der Waals surface area contributed by atoms with Crippen molar-refractivity contribution < 1.29 is 0 Å². The Balaban J connectivity index is 2.19. The van der Waals surface area contributed by atoms with Crippen molar-refractivity contribution in [2.45, 2.75) is 27.2 Å². The van der Waals surface area contributed by atoms with Crippen LogP contribution >= 0.6 is 0 Å². The molecule has 2 rings (SSSR count). The van der Waals surface area contributed by atoms with Crippen LogP contribution in [-0.4, -0.2) is 23.3 Å². The van der Waals surface area contributed by atoms with E-state index in [4.69, 9.17) is 5.26 Å². The molecule has 0 aromatic carbocycles. The van der Waals surface area contributed by atoms with E-state index in [-0.39, 0.29) is 0 Å². The van der Waals surface area contributed by atoms with Crippen LogP contribution in [0.25, 0.3) is 0 Å². The van der Waals surface area contributed by atoms with E-state index in [1.54, 1.807) is 12.3 Å². The van der Waals surface area contributed by atoms with E-state index in [1.165, 1.54) is 0 Å². The Bertz CT molecular complexity index is 441. The summed E-state index contributed by atoms with van der Waals surface area (Å²) in [6.07, 6.45) is 2.73. The zero-order valence-electron chi connectivity index (χ0n) is 10.6. The summed E-state index contributed by atoms with van der Waals surface area (Å²) in [4.78, 5) is 2.18. The molecular weight excluding hydrogens is 212 g/mol. The van der Waals surface area contributed by atoms with Crippen molar-refractivity contribution >= 4 is 5.82 Å². The van der Waals surface area contributed by atoms with Gasteiger partial charge in [0.1, 0.15) is 6.07 Å². The van der Waals surface area contributed by atoms with E-state index in [2.05, 4.69) is 41.9 Å². The third-order valence-corrected chi connectivity index (χ3v) is 3.53. The molecule has 90 valence electrons. The Kier molecular flexibility index (Phi) is 3.01. The molecule has 1 fully saturated rings. The molecule has 0 N–H and O–H groups in total. The molecule has 0 spiro atoms. The maximum Gasteiger partial charge on any atom is 0.169 e. The van der Waals surface area contributed by atoms with Crippen LogP contribution in [0.4, 0.5) is 5.82 Å². The highest BCUT2D eigenvalue weighted by atomic mass is 15.3. The molecule has 1 atom stereocenters. The number of aromatic nitrogens is 2. The Morgan fingerprint density at radius 2 is 2.24 bits per heavy atom. The van der Waals surface area contributed by atoms with Gasteiger partial charge in [-0.1, -0.05) is 20.8 Å². The van der Waals surface area contributed by atoms with Gasteiger partial charge in [0.2, 0.25) is 0 Å². The zero-order chi connectivity index (χ0) is 12.5. The number of rotatable bonds is 1. The van der Waals surface area contributed by atoms with Crippen LogP contribution in [0.3, 0.4) is 0 Å². The smallest absolute Gasteiger partial charge is 0.169 e. The minimum atomic E-state index is 0.309. The molecule has 1 aliphatic heterocycles. The Hall–Kier alpha value is -1.63. The van der Waals surface area contributed by atoms with Crippen LogP contribution in [-0.2, 0) is 0 Å². The Morgan fingerprint density at radius 1 is 1.47 bits per heavy atom. The second kappa shape index (κ2) is 4.33. The molecular formula is C13H18N4. The SMILES string of the molecule is CC(C)(C)C1CCN(c2nnccc2C#N)C1. The third-order valence-electron chi connectivity index (χ3n) is 3.53. The molecule has 4 nitrogen and oxygen atoms in total. The van der Waals surface area contributed by atoms with Gasteiger partial charge in [0, 0.05) is 13.1 Å². The van der Waals surface area contributed by atoms with Crippen molar-refractivity contribution in [3.05, 3.63) is 17.8 Å². The van der Waals surface area contributed by atoms with Gasteiger partial charge in [-0.15, -0.1) is 5.10 Å². The minimum absolute atomic E-state index is 0.309. The minimum Gasteiger partial charge on any atom is -0.354 e. The maximum absolute atomic E-state index is 9.06. The second-order valence-corrected chi connectivity index (χ2v) is 5.68. The molecule has 0 amide bonds. The van der Waals surface area contributed by atoms with Crippen LogP contribution in [0.15, 0.2) is 12.3 Å². The molecule has 0 bridgehead atoms.